The number of anilines is 6. The minimum absolute atomic E-state index is 0.871. The van der Waals surface area contributed by atoms with Crippen LogP contribution in [0.1, 0.15) is 0 Å². The van der Waals surface area contributed by atoms with Crippen molar-refractivity contribution >= 4 is 77.6 Å². The van der Waals surface area contributed by atoms with E-state index in [0.29, 0.717) is 0 Å². The number of rotatable bonds is 8. The van der Waals surface area contributed by atoms with E-state index in [2.05, 4.69) is 228 Å². The molecule has 0 aliphatic heterocycles. The number of para-hydroxylation sites is 3. The third kappa shape index (κ3) is 6.26. The molecule has 278 valence electrons. The van der Waals surface area contributed by atoms with Gasteiger partial charge in [-0.1, -0.05) is 146 Å². The lowest BCUT2D eigenvalue weighted by atomic mass is 9.94. The summed E-state index contributed by atoms with van der Waals surface area (Å²) in [5, 5.41) is 7.06. The van der Waals surface area contributed by atoms with Crippen molar-refractivity contribution in [2.24, 2.45) is 0 Å². The first-order valence-electron chi connectivity index (χ1n) is 20.1. The fourth-order valence-electron chi connectivity index (χ4n) is 8.57. The Hall–Kier alpha value is -7.88. The highest BCUT2D eigenvalue weighted by atomic mass is 16.3. The highest BCUT2D eigenvalue weighted by Gasteiger charge is 2.21. The van der Waals surface area contributed by atoms with E-state index in [1.165, 1.54) is 21.5 Å². The Morgan fingerprint density at radius 1 is 0.288 bits per heavy atom. The van der Waals surface area contributed by atoms with Gasteiger partial charge in [0.25, 0.3) is 0 Å². The van der Waals surface area contributed by atoms with Crippen molar-refractivity contribution in [3.05, 3.63) is 231 Å². The van der Waals surface area contributed by atoms with Crippen molar-refractivity contribution in [1.82, 2.24) is 0 Å². The molecule has 0 atom stereocenters. The fourth-order valence-corrected chi connectivity index (χ4v) is 8.57. The Balaban J connectivity index is 1.06. The van der Waals surface area contributed by atoms with Gasteiger partial charge in [-0.05, 0) is 123 Å². The van der Waals surface area contributed by atoms with Crippen LogP contribution in [0.3, 0.4) is 0 Å². The van der Waals surface area contributed by atoms with E-state index in [1.54, 1.807) is 0 Å². The maximum absolute atomic E-state index is 6.33. The molecule has 3 heteroatoms. The van der Waals surface area contributed by atoms with E-state index in [9.17, 15) is 0 Å². The van der Waals surface area contributed by atoms with Crippen molar-refractivity contribution in [3.8, 4) is 22.3 Å². The third-order valence-electron chi connectivity index (χ3n) is 11.4. The summed E-state index contributed by atoms with van der Waals surface area (Å²) >= 11 is 0. The first-order valence-corrected chi connectivity index (χ1v) is 20.1. The molecule has 59 heavy (non-hydrogen) atoms. The second-order valence-corrected chi connectivity index (χ2v) is 15.0. The number of hydrogen-bond acceptors (Lipinski definition) is 3. The summed E-state index contributed by atoms with van der Waals surface area (Å²) in [4.78, 5) is 4.72. The summed E-state index contributed by atoms with van der Waals surface area (Å²) in [7, 11) is 0. The molecule has 0 N–H and O–H groups in total. The van der Waals surface area contributed by atoms with Crippen LogP contribution in [0.4, 0.5) is 34.1 Å². The molecule has 0 saturated carbocycles. The van der Waals surface area contributed by atoms with Gasteiger partial charge < -0.3 is 14.2 Å². The van der Waals surface area contributed by atoms with Gasteiger partial charge in [0.05, 0.1) is 16.8 Å². The van der Waals surface area contributed by atoms with Gasteiger partial charge in [-0.3, -0.25) is 0 Å². The average molecular weight is 755 g/mol. The van der Waals surface area contributed by atoms with Gasteiger partial charge in [-0.2, -0.15) is 0 Å². The summed E-state index contributed by atoms with van der Waals surface area (Å²) in [5.74, 6) is 0. The minimum atomic E-state index is 0.871. The number of benzene rings is 10. The summed E-state index contributed by atoms with van der Waals surface area (Å²) in [6.45, 7) is 0. The van der Waals surface area contributed by atoms with Crippen LogP contribution in [0.25, 0.3) is 65.7 Å². The van der Waals surface area contributed by atoms with Crippen LogP contribution in [0, 0.1) is 0 Å². The van der Waals surface area contributed by atoms with Crippen LogP contribution in [0.5, 0.6) is 0 Å². The van der Waals surface area contributed by atoms with Crippen LogP contribution in [0.15, 0.2) is 235 Å². The quantitative estimate of drug-likeness (QED) is 0.154. The summed E-state index contributed by atoms with van der Waals surface area (Å²) in [5.41, 5.74) is 12.9. The number of hydrogen-bond donors (Lipinski definition) is 0. The molecule has 3 nitrogen and oxygen atoms in total. The van der Waals surface area contributed by atoms with Crippen LogP contribution in [0.2, 0.25) is 0 Å². The standard InChI is InChI=1S/C56H38N2O/c1-3-18-46(19-4-1)57(53-23-13-25-55-56(53)50-22-11-12-24-54(50)59-55)48-32-28-41(29-33-48)44-31-35-52(51(38-44)45-27-26-39-14-7-9-16-42(39)36-45)58(47-20-5-2-6-21-47)49-34-30-40-15-8-10-17-43(40)37-49/h1-38H. The molecule has 1 heterocycles. The zero-order chi connectivity index (χ0) is 39.1. The van der Waals surface area contributed by atoms with Crippen LogP contribution in [-0.2, 0) is 0 Å². The molecule has 0 spiro atoms. The number of furan rings is 1. The number of nitrogens with zero attached hydrogens (tertiary/aromatic N) is 2. The van der Waals surface area contributed by atoms with Crippen molar-refractivity contribution in [3.63, 3.8) is 0 Å². The molecule has 0 fully saturated rings. The van der Waals surface area contributed by atoms with E-state index in [0.717, 1.165) is 78.3 Å². The zero-order valence-corrected chi connectivity index (χ0v) is 32.2. The molecule has 10 aromatic carbocycles. The lowest BCUT2D eigenvalue weighted by molar-refractivity contribution is 0.669. The Kier molecular flexibility index (Phi) is 8.49. The Morgan fingerprint density at radius 3 is 1.54 bits per heavy atom. The van der Waals surface area contributed by atoms with E-state index >= 15 is 0 Å². The first-order chi connectivity index (χ1) is 29.2. The van der Waals surface area contributed by atoms with Gasteiger partial charge in [0.15, 0.2) is 0 Å². The van der Waals surface area contributed by atoms with Gasteiger partial charge >= 0.3 is 0 Å². The molecule has 1 aromatic heterocycles. The predicted molar refractivity (Wildman–Crippen MR) is 249 cm³/mol. The largest absolute Gasteiger partial charge is 0.456 e. The summed E-state index contributed by atoms with van der Waals surface area (Å²) < 4.78 is 6.33. The minimum Gasteiger partial charge on any atom is -0.456 e. The normalized spacial score (nSPS) is 11.4. The van der Waals surface area contributed by atoms with Gasteiger partial charge in [-0.15, -0.1) is 0 Å². The Morgan fingerprint density at radius 2 is 0.814 bits per heavy atom. The van der Waals surface area contributed by atoms with Gasteiger partial charge in [0.2, 0.25) is 0 Å². The van der Waals surface area contributed by atoms with E-state index in [4.69, 9.17) is 4.42 Å². The topological polar surface area (TPSA) is 19.6 Å². The molecule has 0 aliphatic carbocycles. The second-order valence-electron chi connectivity index (χ2n) is 15.0. The monoisotopic (exact) mass is 754 g/mol. The summed E-state index contributed by atoms with van der Waals surface area (Å²) in [6, 6.07) is 82.5. The van der Waals surface area contributed by atoms with E-state index in [1.807, 2.05) is 12.1 Å². The second kappa shape index (κ2) is 14.6. The smallest absolute Gasteiger partial charge is 0.137 e. The SMILES string of the molecule is c1ccc(N(c2ccc3ccccc3c2)c2ccc(-c3ccc(N(c4ccccc4)c4cccc5oc6ccccc6c45)cc3)cc2-c2ccc3ccccc3c2)cc1. The highest BCUT2D eigenvalue weighted by Crippen LogP contribution is 2.46. The maximum atomic E-state index is 6.33. The highest BCUT2D eigenvalue weighted by molar-refractivity contribution is 6.13. The summed E-state index contributed by atoms with van der Waals surface area (Å²) in [6.07, 6.45) is 0. The molecular formula is C56H38N2O. The van der Waals surface area contributed by atoms with Gasteiger partial charge in [0.1, 0.15) is 11.2 Å². The van der Waals surface area contributed by atoms with Gasteiger partial charge in [0, 0.05) is 33.7 Å². The molecule has 0 amide bonds. The molecular weight excluding hydrogens is 717 g/mol. The molecule has 11 aromatic rings. The van der Waals surface area contributed by atoms with Crippen LogP contribution >= 0.6 is 0 Å². The van der Waals surface area contributed by atoms with E-state index in [-0.39, 0.29) is 0 Å². The first kappa shape index (κ1) is 34.4. The van der Waals surface area contributed by atoms with Crippen molar-refractivity contribution < 1.29 is 4.42 Å². The number of fused-ring (bicyclic) bond motifs is 5. The predicted octanol–water partition coefficient (Wildman–Crippen LogP) is 16.2. The van der Waals surface area contributed by atoms with Gasteiger partial charge in [-0.25, -0.2) is 0 Å². The Bertz CT molecular complexity index is 3280. The molecule has 0 unspecified atom stereocenters. The average Bonchev–Trinajstić information content (AvgIpc) is 3.70. The van der Waals surface area contributed by atoms with E-state index < -0.39 is 0 Å². The van der Waals surface area contributed by atoms with Crippen LogP contribution < -0.4 is 9.80 Å². The maximum Gasteiger partial charge on any atom is 0.137 e. The molecule has 0 radical (unpaired) electrons. The van der Waals surface area contributed by atoms with Crippen LogP contribution in [-0.4, -0.2) is 0 Å². The fraction of sp³-hybridized carbons (Fsp3) is 0. The molecule has 0 bridgehead atoms. The van der Waals surface area contributed by atoms with Crippen molar-refractivity contribution in [2.45, 2.75) is 0 Å². The lowest BCUT2D eigenvalue weighted by Gasteiger charge is -2.29. The molecule has 0 aliphatic rings. The molecule has 0 saturated heterocycles. The Labute approximate surface area is 343 Å². The third-order valence-corrected chi connectivity index (χ3v) is 11.4. The van der Waals surface area contributed by atoms with Crippen molar-refractivity contribution in [1.29, 1.82) is 0 Å². The zero-order valence-electron chi connectivity index (χ0n) is 32.2. The van der Waals surface area contributed by atoms with Crippen molar-refractivity contribution in [2.75, 3.05) is 9.80 Å². The lowest BCUT2D eigenvalue weighted by Crippen LogP contribution is -2.11. The molecule has 11 rings (SSSR count).